The molecule has 0 saturated carbocycles. The molecule has 0 unspecified atom stereocenters. The van der Waals surface area contributed by atoms with E-state index in [1.54, 1.807) is 54.6 Å². The number of carbonyl (C=O) groups is 1. The second-order valence-corrected chi connectivity index (χ2v) is 10.7. The van der Waals surface area contributed by atoms with Crippen molar-refractivity contribution in [1.82, 2.24) is 10.4 Å². The summed E-state index contributed by atoms with van der Waals surface area (Å²) in [6.45, 7) is -0.0294. The van der Waals surface area contributed by atoms with Crippen molar-refractivity contribution in [3.05, 3.63) is 128 Å². The molecule has 11 heteroatoms. The predicted molar refractivity (Wildman–Crippen MR) is 165 cm³/mol. The van der Waals surface area contributed by atoms with Crippen molar-refractivity contribution in [2.45, 2.75) is 6.61 Å². The highest BCUT2D eigenvalue weighted by Crippen LogP contribution is 2.34. The lowest BCUT2D eigenvalue weighted by molar-refractivity contribution is 0.0955. The summed E-state index contributed by atoms with van der Waals surface area (Å²) in [5, 5.41) is 11.0. The molecule has 5 rings (SSSR count). The van der Waals surface area contributed by atoms with Gasteiger partial charge in [-0.1, -0.05) is 65.1 Å². The summed E-state index contributed by atoms with van der Waals surface area (Å²) in [5.74, 6) is -0.544. The second kappa shape index (κ2) is 13.1. The number of nitrogens with one attached hydrogen (secondary N) is 2. The van der Waals surface area contributed by atoms with Gasteiger partial charge in [0.05, 0.1) is 22.0 Å². The van der Waals surface area contributed by atoms with E-state index in [0.717, 1.165) is 22.1 Å². The Bertz CT molecular complexity index is 1690. The highest BCUT2D eigenvalue weighted by molar-refractivity contribution is 7.14. The summed E-state index contributed by atoms with van der Waals surface area (Å²) in [6, 6.07) is 23.8. The summed E-state index contributed by atoms with van der Waals surface area (Å²) in [7, 11) is 0. The Balaban J connectivity index is 1.17. The molecule has 0 spiro atoms. The van der Waals surface area contributed by atoms with E-state index >= 15 is 0 Å². The number of benzene rings is 4. The molecule has 41 heavy (non-hydrogen) atoms. The van der Waals surface area contributed by atoms with Crippen molar-refractivity contribution < 1.29 is 13.9 Å². The van der Waals surface area contributed by atoms with Crippen LogP contribution >= 0.6 is 46.1 Å². The number of aromatic nitrogens is 1. The minimum atomic E-state index is -0.391. The van der Waals surface area contributed by atoms with Gasteiger partial charge in [0.2, 0.25) is 0 Å². The van der Waals surface area contributed by atoms with Crippen LogP contribution in [0.5, 0.6) is 5.75 Å². The van der Waals surface area contributed by atoms with Crippen LogP contribution in [0.25, 0.3) is 11.3 Å². The van der Waals surface area contributed by atoms with Gasteiger partial charge in [-0.2, -0.15) is 5.10 Å². The molecule has 1 amide bonds. The van der Waals surface area contributed by atoms with Crippen LogP contribution in [-0.2, 0) is 6.61 Å². The van der Waals surface area contributed by atoms with Gasteiger partial charge in [-0.05, 0) is 60.2 Å². The van der Waals surface area contributed by atoms with Crippen LogP contribution in [0.4, 0.5) is 15.2 Å². The van der Waals surface area contributed by atoms with Crippen molar-refractivity contribution in [2.75, 3.05) is 5.32 Å². The largest absolute Gasteiger partial charge is 0.486 e. The number of carbonyl (C=O) groups excluding carboxylic acids is 1. The van der Waals surface area contributed by atoms with Crippen LogP contribution in [0, 0.1) is 5.82 Å². The van der Waals surface area contributed by atoms with E-state index in [2.05, 4.69) is 20.8 Å². The predicted octanol–water partition coefficient (Wildman–Crippen LogP) is 9.00. The topological polar surface area (TPSA) is 75.6 Å². The number of nitrogens with zero attached hydrogens (tertiary/aromatic N) is 2. The lowest BCUT2D eigenvalue weighted by atomic mass is 10.1. The van der Waals surface area contributed by atoms with E-state index < -0.39 is 5.91 Å². The lowest BCUT2D eigenvalue weighted by Gasteiger charge is -2.11. The Kier molecular flexibility index (Phi) is 9.16. The zero-order chi connectivity index (χ0) is 28.8. The second-order valence-electron chi connectivity index (χ2n) is 8.64. The van der Waals surface area contributed by atoms with Gasteiger partial charge in [0.1, 0.15) is 12.4 Å². The number of hydrogen-bond acceptors (Lipinski definition) is 6. The fraction of sp³-hybridized carbons (Fsp3) is 0.0333. The average molecular weight is 626 g/mol. The highest BCUT2D eigenvalue weighted by Gasteiger charge is 2.12. The minimum Gasteiger partial charge on any atom is -0.486 e. The molecule has 0 fully saturated rings. The zero-order valence-corrected chi connectivity index (χ0v) is 24.2. The molecule has 0 aliphatic heterocycles. The quantitative estimate of drug-likeness (QED) is 0.127. The Morgan fingerprint density at radius 3 is 2.39 bits per heavy atom. The maximum atomic E-state index is 13.9. The minimum absolute atomic E-state index is 0.0294. The number of ether oxygens (including phenoxy) is 1. The van der Waals surface area contributed by atoms with Crippen molar-refractivity contribution in [3.8, 4) is 17.0 Å². The molecule has 0 atom stereocenters. The van der Waals surface area contributed by atoms with Crippen LogP contribution in [0.15, 0.2) is 95.4 Å². The monoisotopic (exact) mass is 624 g/mol. The molecule has 1 heterocycles. The van der Waals surface area contributed by atoms with Crippen LogP contribution in [0.2, 0.25) is 15.1 Å². The molecule has 0 radical (unpaired) electrons. The fourth-order valence-corrected chi connectivity index (χ4v) is 5.18. The van der Waals surface area contributed by atoms with Crippen LogP contribution in [-0.4, -0.2) is 17.1 Å². The molecular weight excluding hydrogens is 606 g/mol. The number of hydrazone groups is 1. The first-order valence-corrected chi connectivity index (χ1v) is 14.1. The number of halogens is 4. The molecule has 206 valence electrons. The molecule has 0 aliphatic rings. The van der Waals surface area contributed by atoms with Crippen molar-refractivity contribution >= 4 is 69.1 Å². The van der Waals surface area contributed by atoms with Gasteiger partial charge in [0.15, 0.2) is 10.9 Å². The number of thiazole rings is 1. The van der Waals surface area contributed by atoms with E-state index in [1.807, 2.05) is 29.6 Å². The first-order chi connectivity index (χ1) is 19.9. The van der Waals surface area contributed by atoms with Gasteiger partial charge in [-0.3, -0.25) is 4.79 Å². The molecule has 0 aliphatic carbocycles. The van der Waals surface area contributed by atoms with Gasteiger partial charge in [0.25, 0.3) is 5.91 Å². The molecule has 0 saturated heterocycles. The number of amides is 1. The summed E-state index contributed by atoms with van der Waals surface area (Å²) < 4.78 is 19.5. The van der Waals surface area contributed by atoms with Crippen molar-refractivity contribution in [2.24, 2.45) is 5.10 Å². The Morgan fingerprint density at radius 2 is 1.68 bits per heavy atom. The molecule has 4 aromatic carbocycles. The summed E-state index contributed by atoms with van der Waals surface area (Å²) in [6.07, 6.45) is 1.41. The van der Waals surface area contributed by atoms with E-state index in [-0.39, 0.29) is 28.2 Å². The molecule has 2 N–H and O–H groups in total. The summed E-state index contributed by atoms with van der Waals surface area (Å²) >= 11 is 20.1. The van der Waals surface area contributed by atoms with Crippen LogP contribution in [0.3, 0.4) is 0 Å². The number of rotatable bonds is 9. The Labute approximate surface area is 254 Å². The summed E-state index contributed by atoms with van der Waals surface area (Å²) in [5.41, 5.74) is 6.37. The molecule has 1 aromatic heterocycles. The average Bonchev–Trinajstić information content (AvgIpc) is 3.43. The molecular formula is C30H20Cl3FN4O2S. The van der Waals surface area contributed by atoms with Gasteiger partial charge in [-0.15, -0.1) is 11.3 Å². The smallest absolute Gasteiger partial charge is 0.271 e. The first-order valence-electron chi connectivity index (χ1n) is 12.1. The Morgan fingerprint density at radius 1 is 0.976 bits per heavy atom. The van der Waals surface area contributed by atoms with Crippen molar-refractivity contribution in [3.63, 3.8) is 0 Å². The fourth-order valence-electron chi connectivity index (χ4n) is 3.70. The first kappa shape index (κ1) is 28.6. The summed E-state index contributed by atoms with van der Waals surface area (Å²) in [4.78, 5) is 17.2. The maximum absolute atomic E-state index is 13.9. The SMILES string of the molecule is O=C(N/N=C\c1cc(Cl)c(OCc2ccccc2F)c(Cl)c1)c1ccc(-c2csc(Nc3ccc(Cl)cc3)n2)cc1. The van der Waals surface area contributed by atoms with Crippen LogP contribution < -0.4 is 15.5 Å². The molecule has 6 nitrogen and oxygen atoms in total. The van der Waals surface area contributed by atoms with E-state index in [0.29, 0.717) is 21.7 Å². The van der Waals surface area contributed by atoms with E-state index in [1.165, 1.54) is 23.6 Å². The molecule has 5 aromatic rings. The zero-order valence-electron chi connectivity index (χ0n) is 21.1. The van der Waals surface area contributed by atoms with Gasteiger partial charge in [0, 0.05) is 32.8 Å². The third-order valence-corrected chi connectivity index (χ3v) is 7.34. The highest BCUT2D eigenvalue weighted by atomic mass is 35.5. The van der Waals surface area contributed by atoms with Gasteiger partial charge in [-0.25, -0.2) is 14.8 Å². The van der Waals surface area contributed by atoms with Gasteiger partial charge >= 0.3 is 0 Å². The van der Waals surface area contributed by atoms with E-state index in [9.17, 15) is 9.18 Å². The van der Waals surface area contributed by atoms with Gasteiger partial charge < -0.3 is 10.1 Å². The molecule has 0 bridgehead atoms. The number of hydrogen-bond donors (Lipinski definition) is 2. The van der Waals surface area contributed by atoms with E-state index in [4.69, 9.17) is 39.5 Å². The maximum Gasteiger partial charge on any atom is 0.271 e. The Hall–Kier alpha value is -3.95. The lowest BCUT2D eigenvalue weighted by Crippen LogP contribution is -2.17. The number of anilines is 2. The third-order valence-electron chi connectivity index (χ3n) is 5.77. The third kappa shape index (κ3) is 7.42. The van der Waals surface area contributed by atoms with Crippen LogP contribution in [0.1, 0.15) is 21.5 Å². The van der Waals surface area contributed by atoms with Crippen molar-refractivity contribution in [1.29, 1.82) is 0 Å². The normalized spacial score (nSPS) is 11.0. The standard InChI is InChI=1S/C30H20Cl3FN4O2S/c31-22-9-11-23(12-10-22)36-30-37-27(17-41-30)19-5-7-20(8-6-19)29(39)38-35-15-18-13-24(32)28(25(33)14-18)40-16-21-3-1-2-4-26(21)34/h1-15,17H,16H2,(H,36,37)(H,38,39)/b35-15-.